The first-order valence-electron chi connectivity index (χ1n) is 8.22. The van der Waals surface area contributed by atoms with Crippen LogP contribution in [0, 0.1) is 5.82 Å². The molecule has 1 heterocycles. The van der Waals surface area contributed by atoms with E-state index in [1.54, 1.807) is 30.3 Å². The fraction of sp³-hybridized carbons (Fsp3) is 0.316. The van der Waals surface area contributed by atoms with Gasteiger partial charge in [0, 0.05) is 23.0 Å². The van der Waals surface area contributed by atoms with Crippen molar-refractivity contribution in [2.24, 2.45) is 0 Å². The Hall–Kier alpha value is -2.11. The number of hydrogen-bond donors (Lipinski definition) is 2. The maximum Gasteiger partial charge on any atom is 0.255 e. The van der Waals surface area contributed by atoms with Gasteiger partial charge in [0.15, 0.2) is 0 Å². The Morgan fingerprint density at radius 3 is 2.40 bits per heavy atom. The first-order chi connectivity index (χ1) is 11.6. The molecule has 2 aromatic rings. The SMILES string of the molecule is CN1CCC(Nc2cc(F)cc(NC(=O)c3ccccc3)c2)CC1.Cl. The Kier molecular flexibility index (Phi) is 6.79. The van der Waals surface area contributed by atoms with Crippen LogP contribution in [0.2, 0.25) is 0 Å². The highest BCUT2D eigenvalue weighted by Gasteiger charge is 2.17. The number of nitrogens with zero attached hydrogens (tertiary/aromatic N) is 1. The number of rotatable bonds is 4. The molecule has 0 spiro atoms. The van der Waals surface area contributed by atoms with E-state index in [2.05, 4.69) is 22.6 Å². The summed E-state index contributed by atoms with van der Waals surface area (Å²) < 4.78 is 13.9. The molecule has 25 heavy (non-hydrogen) atoms. The second-order valence-corrected chi connectivity index (χ2v) is 6.27. The van der Waals surface area contributed by atoms with Gasteiger partial charge in [0.05, 0.1) is 0 Å². The first-order valence-corrected chi connectivity index (χ1v) is 8.22. The summed E-state index contributed by atoms with van der Waals surface area (Å²) in [5.74, 6) is -0.609. The van der Waals surface area contributed by atoms with E-state index in [4.69, 9.17) is 0 Å². The quantitative estimate of drug-likeness (QED) is 0.862. The predicted molar refractivity (Wildman–Crippen MR) is 102 cm³/mol. The summed E-state index contributed by atoms with van der Waals surface area (Å²) in [4.78, 5) is 14.5. The normalized spacial score (nSPS) is 15.3. The maximum absolute atomic E-state index is 13.9. The second-order valence-electron chi connectivity index (χ2n) is 6.27. The van der Waals surface area contributed by atoms with Crippen molar-refractivity contribution >= 4 is 29.7 Å². The summed E-state index contributed by atoms with van der Waals surface area (Å²) in [5.41, 5.74) is 1.71. The van der Waals surface area contributed by atoms with E-state index in [1.807, 2.05) is 6.07 Å². The third-order valence-electron chi connectivity index (χ3n) is 4.28. The summed E-state index contributed by atoms with van der Waals surface area (Å²) in [6.45, 7) is 2.06. The van der Waals surface area contributed by atoms with Crippen LogP contribution < -0.4 is 10.6 Å². The molecule has 1 aliphatic heterocycles. The van der Waals surface area contributed by atoms with Crippen LogP contribution in [0.25, 0.3) is 0 Å². The molecule has 1 aliphatic rings. The molecular weight excluding hydrogens is 341 g/mol. The predicted octanol–water partition coefficient (Wildman–Crippen LogP) is 4.01. The fourth-order valence-electron chi connectivity index (χ4n) is 2.93. The number of hydrogen-bond acceptors (Lipinski definition) is 3. The summed E-state index contributed by atoms with van der Waals surface area (Å²) in [6, 6.07) is 13.8. The molecule has 2 N–H and O–H groups in total. The van der Waals surface area contributed by atoms with Gasteiger partial charge in [-0.1, -0.05) is 18.2 Å². The fourth-order valence-corrected chi connectivity index (χ4v) is 2.93. The number of anilines is 2. The van der Waals surface area contributed by atoms with Gasteiger partial charge in [-0.15, -0.1) is 12.4 Å². The van der Waals surface area contributed by atoms with Gasteiger partial charge in [-0.3, -0.25) is 4.79 Å². The van der Waals surface area contributed by atoms with Crippen LogP contribution >= 0.6 is 12.4 Å². The number of nitrogens with one attached hydrogen (secondary N) is 2. The number of benzene rings is 2. The van der Waals surface area contributed by atoms with Crippen molar-refractivity contribution in [1.82, 2.24) is 4.90 Å². The number of likely N-dealkylation sites (tertiary alicyclic amines) is 1. The molecule has 0 radical (unpaired) electrons. The molecule has 0 unspecified atom stereocenters. The molecule has 0 saturated carbocycles. The molecule has 4 nitrogen and oxygen atoms in total. The van der Waals surface area contributed by atoms with Crippen molar-refractivity contribution in [2.75, 3.05) is 30.8 Å². The van der Waals surface area contributed by atoms with E-state index in [0.717, 1.165) is 25.9 Å². The van der Waals surface area contributed by atoms with Gasteiger partial charge in [0.1, 0.15) is 5.82 Å². The number of halogens is 2. The number of carbonyl (C=O) groups excluding carboxylic acids is 1. The molecule has 0 aromatic heterocycles. The molecule has 0 atom stereocenters. The highest BCUT2D eigenvalue weighted by atomic mass is 35.5. The smallest absolute Gasteiger partial charge is 0.255 e. The molecule has 134 valence electrons. The molecule has 0 aliphatic carbocycles. The van der Waals surface area contributed by atoms with Crippen LogP contribution in [0.4, 0.5) is 15.8 Å². The number of carbonyl (C=O) groups is 1. The van der Waals surface area contributed by atoms with E-state index < -0.39 is 0 Å². The molecule has 1 amide bonds. The minimum Gasteiger partial charge on any atom is -0.382 e. The van der Waals surface area contributed by atoms with Crippen LogP contribution in [-0.4, -0.2) is 37.0 Å². The van der Waals surface area contributed by atoms with Crippen molar-refractivity contribution in [2.45, 2.75) is 18.9 Å². The largest absolute Gasteiger partial charge is 0.382 e. The van der Waals surface area contributed by atoms with E-state index in [-0.39, 0.29) is 24.1 Å². The standard InChI is InChI=1S/C19H22FN3O.ClH/c1-23-9-7-16(8-10-23)21-17-11-15(20)12-18(13-17)22-19(24)14-5-3-2-4-6-14;/h2-6,11-13,16,21H,7-10H2,1H3,(H,22,24);1H. The van der Waals surface area contributed by atoms with Crippen LogP contribution in [0.15, 0.2) is 48.5 Å². The topological polar surface area (TPSA) is 44.4 Å². The molecule has 2 aromatic carbocycles. The molecule has 0 bridgehead atoms. The van der Waals surface area contributed by atoms with Crippen molar-refractivity contribution in [3.05, 3.63) is 59.9 Å². The lowest BCUT2D eigenvalue weighted by atomic mass is 10.1. The van der Waals surface area contributed by atoms with Gasteiger partial charge in [-0.25, -0.2) is 4.39 Å². The third-order valence-corrected chi connectivity index (χ3v) is 4.28. The Bertz CT molecular complexity index is 703. The van der Waals surface area contributed by atoms with E-state index in [1.165, 1.54) is 12.1 Å². The van der Waals surface area contributed by atoms with Crippen molar-refractivity contribution in [1.29, 1.82) is 0 Å². The molecule has 1 fully saturated rings. The summed E-state index contributed by atoms with van der Waals surface area (Å²) in [7, 11) is 2.11. The molecule has 6 heteroatoms. The Morgan fingerprint density at radius 2 is 1.72 bits per heavy atom. The Morgan fingerprint density at radius 1 is 1.08 bits per heavy atom. The lowest BCUT2D eigenvalue weighted by molar-refractivity contribution is 0.102. The first kappa shape index (κ1) is 19.2. The molecule has 3 rings (SSSR count). The molecule has 1 saturated heterocycles. The zero-order valence-electron chi connectivity index (χ0n) is 14.2. The van der Waals surface area contributed by atoms with Gasteiger partial charge >= 0.3 is 0 Å². The van der Waals surface area contributed by atoms with E-state index >= 15 is 0 Å². The van der Waals surface area contributed by atoms with Gasteiger partial charge < -0.3 is 15.5 Å². The zero-order valence-corrected chi connectivity index (χ0v) is 15.0. The van der Waals surface area contributed by atoms with Crippen LogP contribution in [0.5, 0.6) is 0 Å². The maximum atomic E-state index is 13.9. The second kappa shape index (κ2) is 8.83. The number of amides is 1. The minimum absolute atomic E-state index is 0. The lowest BCUT2D eigenvalue weighted by Gasteiger charge is -2.30. The van der Waals surface area contributed by atoms with E-state index in [9.17, 15) is 9.18 Å². The van der Waals surface area contributed by atoms with Gasteiger partial charge in [-0.2, -0.15) is 0 Å². The highest BCUT2D eigenvalue weighted by Crippen LogP contribution is 2.22. The summed E-state index contributed by atoms with van der Waals surface area (Å²) in [5, 5.41) is 6.13. The van der Waals surface area contributed by atoms with Gasteiger partial charge in [-0.05, 0) is 63.3 Å². The van der Waals surface area contributed by atoms with Crippen LogP contribution in [0.3, 0.4) is 0 Å². The number of piperidine rings is 1. The monoisotopic (exact) mass is 363 g/mol. The average Bonchev–Trinajstić information content (AvgIpc) is 2.57. The van der Waals surface area contributed by atoms with Crippen LogP contribution in [-0.2, 0) is 0 Å². The minimum atomic E-state index is -0.365. The summed E-state index contributed by atoms with van der Waals surface area (Å²) in [6.07, 6.45) is 2.05. The Labute approximate surface area is 153 Å². The summed E-state index contributed by atoms with van der Waals surface area (Å²) >= 11 is 0. The molecular formula is C19H23ClFN3O. The van der Waals surface area contributed by atoms with Crippen molar-refractivity contribution in [3.8, 4) is 0 Å². The van der Waals surface area contributed by atoms with Gasteiger partial charge in [0.25, 0.3) is 5.91 Å². The van der Waals surface area contributed by atoms with E-state index in [0.29, 0.717) is 23.0 Å². The Balaban J connectivity index is 0.00000225. The van der Waals surface area contributed by atoms with Crippen molar-refractivity contribution < 1.29 is 9.18 Å². The van der Waals surface area contributed by atoms with Crippen molar-refractivity contribution in [3.63, 3.8) is 0 Å². The van der Waals surface area contributed by atoms with Gasteiger partial charge in [0.2, 0.25) is 0 Å². The lowest BCUT2D eigenvalue weighted by Crippen LogP contribution is -2.36. The average molecular weight is 364 g/mol. The highest BCUT2D eigenvalue weighted by molar-refractivity contribution is 6.04. The van der Waals surface area contributed by atoms with Crippen LogP contribution in [0.1, 0.15) is 23.2 Å². The third kappa shape index (κ3) is 5.44. The zero-order chi connectivity index (χ0) is 16.9.